The Labute approximate surface area is 108 Å². The summed E-state index contributed by atoms with van der Waals surface area (Å²) in [7, 11) is 0. The molecule has 0 radical (unpaired) electrons. The number of hydrogen-bond acceptors (Lipinski definition) is 3. The molecule has 1 aliphatic rings. The summed E-state index contributed by atoms with van der Waals surface area (Å²) in [4.78, 5) is 0. The minimum Gasteiger partial charge on any atom is -0.392 e. The summed E-state index contributed by atoms with van der Waals surface area (Å²) in [5.74, 6) is 2.40. The summed E-state index contributed by atoms with van der Waals surface area (Å²) in [6.45, 7) is 4.75. The highest BCUT2D eigenvalue weighted by molar-refractivity contribution is 7.99. The molecule has 2 nitrogen and oxygen atoms in total. The van der Waals surface area contributed by atoms with Crippen molar-refractivity contribution < 1.29 is 5.11 Å². The van der Waals surface area contributed by atoms with E-state index in [4.69, 9.17) is 0 Å². The van der Waals surface area contributed by atoms with Gasteiger partial charge in [-0.05, 0) is 23.7 Å². The zero-order valence-electron chi connectivity index (χ0n) is 10.6. The fraction of sp³-hybridized carbons (Fsp3) is 0.571. The van der Waals surface area contributed by atoms with Crippen molar-refractivity contribution in [3.8, 4) is 0 Å². The third-order valence-electron chi connectivity index (χ3n) is 3.64. The van der Waals surface area contributed by atoms with Crippen LogP contribution in [0.3, 0.4) is 0 Å². The topological polar surface area (TPSA) is 32.3 Å². The van der Waals surface area contributed by atoms with Crippen LogP contribution in [0.5, 0.6) is 0 Å². The molecule has 3 heteroatoms. The van der Waals surface area contributed by atoms with Crippen LogP contribution in [0.4, 0.5) is 5.69 Å². The molecule has 0 aromatic heterocycles. The fourth-order valence-corrected chi connectivity index (χ4v) is 3.77. The van der Waals surface area contributed by atoms with Gasteiger partial charge < -0.3 is 10.4 Å². The van der Waals surface area contributed by atoms with Crippen molar-refractivity contribution in [3.63, 3.8) is 0 Å². The van der Waals surface area contributed by atoms with E-state index in [2.05, 4.69) is 25.2 Å². The van der Waals surface area contributed by atoms with Crippen LogP contribution in [0.25, 0.3) is 0 Å². The van der Waals surface area contributed by atoms with Crippen LogP contribution >= 0.6 is 11.8 Å². The Morgan fingerprint density at radius 2 is 2.18 bits per heavy atom. The Morgan fingerprint density at radius 3 is 2.88 bits per heavy atom. The van der Waals surface area contributed by atoms with E-state index in [1.165, 1.54) is 12.2 Å². The van der Waals surface area contributed by atoms with Gasteiger partial charge in [0.2, 0.25) is 0 Å². The van der Waals surface area contributed by atoms with Crippen molar-refractivity contribution in [1.29, 1.82) is 0 Å². The van der Waals surface area contributed by atoms with Gasteiger partial charge >= 0.3 is 0 Å². The molecule has 0 aliphatic carbocycles. The molecule has 94 valence electrons. The van der Waals surface area contributed by atoms with Crippen LogP contribution in [0, 0.1) is 5.41 Å². The van der Waals surface area contributed by atoms with Crippen molar-refractivity contribution in [1.82, 2.24) is 0 Å². The molecule has 0 bridgehead atoms. The van der Waals surface area contributed by atoms with Crippen molar-refractivity contribution in [3.05, 3.63) is 29.8 Å². The van der Waals surface area contributed by atoms with Crippen molar-refractivity contribution in [2.45, 2.75) is 32.9 Å². The van der Waals surface area contributed by atoms with Gasteiger partial charge in [-0.2, -0.15) is 11.8 Å². The standard InChI is InChI=1S/C14H21NOS/c1-14(2)7-8-17-10-13(14)15-12-6-4-3-5-11(12)9-16/h3-6,13,15-16H,7-10H2,1-2H3. The number of benzene rings is 1. The summed E-state index contributed by atoms with van der Waals surface area (Å²) >= 11 is 2.01. The molecule has 1 aromatic carbocycles. The largest absolute Gasteiger partial charge is 0.392 e. The molecule has 1 atom stereocenters. The van der Waals surface area contributed by atoms with Gasteiger partial charge in [-0.25, -0.2) is 0 Å². The average Bonchev–Trinajstić information content (AvgIpc) is 2.32. The number of aliphatic hydroxyl groups is 1. The van der Waals surface area contributed by atoms with Crippen LogP contribution < -0.4 is 5.32 Å². The van der Waals surface area contributed by atoms with Crippen LogP contribution in [-0.2, 0) is 6.61 Å². The lowest BCUT2D eigenvalue weighted by Gasteiger charge is -2.39. The Morgan fingerprint density at radius 1 is 1.41 bits per heavy atom. The highest BCUT2D eigenvalue weighted by Gasteiger charge is 2.32. The number of para-hydroxylation sites is 1. The third kappa shape index (κ3) is 2.96. The van der Waals surface area contributed by atoms with Crippen LogP contribution in [0.1, 0.15) is 25.8 Å². The molecule has 2 N–H and O–H groups in total. The third-order valence-corrected chi connectivity index (χ3v) is 4.70. The first-order valence-electron chi connectivity index (χ1n) is 6.16. The predicted octanol–water partition coefficient (Wildman–Crippen LogP) is 3.12. The number of thioether (sulfide) groups is 1. The van der Waals surface area contributed by atoms with Gasteiger partial charge in [0, 0.05) is 23.0 Å². The zero-order valence-corrected chi connectivity index (χ0v) is 11.4. The quantitative estimate of drug-likeness (QED) is 0.865. The maximum Gasteiger partial charge on any atom is 0.0701 e. The number of nitrogens with one attached hydrogen (secondary N) is 1. The highest BCUT2D eigenvalue weighted by Crippen LogP contribution is 2.36. The van der Waals surface area contributed by atoms with Gasteiger partial charge in [0.1, 0.15) is 0 Å². The minimum atomic E-state index is 0.101. The predicted molar refractivity (Wildman–Crippen MR) is 75.5 cm³/mol. The second kappa shape index (κ2) is 5.32. The Hall–Kier alpha value is -0.670. The van der Waals surface area contributed by atoms with Gasteiger partial charge in [-0.3, -0.25) is 0 Å². The van der Waals surface area contributed by atoms with Gasteiger partial charge in [-0.1, -0.05) is 32.0 Å². The average molecular weight is 251 g/mol. The van der Waals surface area contributed by atoms with E-state index in [1.807, 2.05) is 30.0 Å². The van der Waals surface area contributed by atoms with Crippen LogP contribution in [0.2, 0.25) is 0 Å². The molecular weight excluding hydrogens is 230 g/mol. The molecule has 1 aromatic rings. The fourth-order valence-electron chi connectivity index (χ4n) is 2.16. The molecular formula is C14H21NOS. The molecule has 1 fully saturated rings. The van der Waals surface area contributed by atoms with E-state index in [0.29, 0.717) is 11.5 Å². The summed E-state index contributed by atoms with van der Waals surface area (Å²) in [5, 5.41) is 12.9. The van der Waals surface area contributed by atoms with E-state index in [1.54, 1.807) is 0 Å². The maximum absolute atomic E-state index is 9.33. The number of rotatable bonds is 3. The molecule has 1 aliphatic heterocycles. The van der Waals surface area contributed by atoms with Crippen LogP contribution in [-0.4, -0.2) is 22.7 Å². The van der Waals surface area contributed by atoms with E-state index in [9.17, 15) is 5.11 Å². The van der Waals surface area contributed by atoms with E-state index in [0.717, 1.165) is 17.0 Å². The minimum absolute atomic E-state index is 0.101. The Bertz CT molecular complexity index is 378. The van der Waals surface area contributed by atoms with Crippen molar-refractivity contribution >= 4 is 17.4 Å². The lowest BCUT2D eigenvalue weighted by Crippen LogP contribution is -2.41. The number of anilines is 1. The molecule has 0 saturated carbocycles. The van der Waals surface area contributed by atoms with Crippen molar-refractivity contribution in [2.75, 3.05) is 16.8 Å². The van der Waals surface area contributed by atoms with Gasteiger partial charge in [-0.15, -0.1) is 0 Å². The monoisotopic (exact) mass is 251 g/mol. The first-order chi connectivity index (χ1) is 8.13. The lowest BCUT2D eigenvalue weighted by molar-refractivity contribution is 0.280. The van der Waals surface area contributed by atoms with E-state index >= 15 is 0 Å². The number of hydrogen-bond donors (Lipinski definition) is 2. The Kier molecular flexibility index (Phi) is 4.00. The SMILES string of the molecule is CC1(C)CCSCC1Nc1ccccc1CO. The van der Waals surface area contributed by atoms with Crippen LogP contribution in [0.15, 0.2) is 24.3 Å². The number of aliphatic hydroxyl groups excluding tert-OH is 1. The summed E-state index contributed by atoms with van der Waals surface area (Å²) < 4.78 is 0. The Balaban J connectivity index is 2.14. The first-order valence-corrected chi connectivity index (χ1v) is 7.32. The summed E-state index contributed by atoms with van der Waals surface area (Å²) in [6.07, 6.45) is 1.25. The molecule has 1 unspecified atom stereocenters. The normalized spacial score (nSPS) is 23.4. The van der Waals surface area contributed by atoms with Crippen molar-refractivity contribution in [2.24, 2.45) is 5.41 Å². The lowest BCUT2D eigenvalue weighted by atomic mass is 9.82. The molecule has 0 amide bonds. The summed E-state index contributed by atoms with van der Waals surface area (Å²) in [6, 6.07) is 8.50. The molecule has 0 spiro atoms. The zero-order chi connectivity index (χ0) is 12.3. The van der Waals surface area contributed by atoms with Gasteiger partial charge in [0.15, 0.2) is 0 Å². The van der Waals surface area contributed by atoms with E-state index in [-0.39, 0.29) is 6.61 Å². The first kappa shape index (κ1) is 12.8. The molecule has 17 heavy (non-hydrogen) atoms. The maximum atomic E-state index is 9.33. The van der Waals surface area contributed by atoms with E-state index < -0.39 is 0 Å². The molecule has 1 saturated heterocycles. The highest BCUT2D eigenvalue weighted by atomic mass is 32.2. The summed E-state index contributed by atoms with van der Waals surface area (Å²) in [5.41, 5.74) is 2.39. The second-order valence-corrected chi connectivity index (χ2v) is 6.48. The molecule has 1 heterocycles. The van der Waals surface area contributed by atoms with Gasteiger partial charge in [0.25, 0.3) is 0 Å². The van der Waals surface area contributed by atoms with Gasteiger partial charge in [0.05, 0.1) is 6.61 Å². The smallest absolute Gasteiger partial charge is 0.0701 e. The second-order valence-electron chi connectivity index (χ2n) is 5.33. The molecule has 2 rings (SSSR count).